The molecule has 114 valence electrons. The minimum atomic E-state index is -1.15. The zero-order valence-corrected chi connectivity index (χ0v) is 12.3. The molecule has 1 aromatic rings. The molecular formula is C15H20N2O4. The van der Waals surface area contributed by atoms with Crippen molar-refractivity contribution in [3.05, 3.63) is 33.4 Å². The van der Waals surface area contributed by atoms with Crippen LogP contribution >= 0.6 is 0 Å². The number of carbonyl (C=O) groups is 1. The maximum atomic E-state index is 11.1. The Kier molecular flexibility index (Phi) is 4.45. The molecule has 6 nitrogen and oxygen atoms in total. The van der Waals surface area contributed by atoms with Crippen molar-refractivity contribution in [3.8, 4) is 0 Å². The number of carboxylic acid groups (broad SMARTS) is 1. The Morgan fingerprint density at radius 1 is 1.33 bits per heavy atom. The summed E-state index contributed by atoms with van der Waals surface area (Å²) in [6.45, 7) is 3.87. The first-order chi connectivity index (χ1) is 9.88. The summed E-state index contributed by atoms with van der Waals surface area (Å²) < 4.78 is 0. The monoisotopic (exact) mass is 292 g/mol. The van der Waals surface area contributed by atoms with Gasteiger partial charge in [0, 0.05) is 23.4 Å². The van der Waals surface area contributed by atoms with Crippen molar-refractivity contribution in [2.24, 2.45) is 5.92 Å². The van der Waals surface area contributed by atoms with E-state index in [0.717, 1.165) is 31.7 Å². The molecule has 21 heavy (non-hydrogen) atoms. The second-order valence-corrected chi connectivity index (χ2v) is 5.83. The summed E-state index contributed by atoms with van der Waals surface area (Å²) >= 11 is 0. The van der Waals surface area contributed by atoms with E-state index in [0.29, 0.717) is 17.2 Å². The predicted molar refractivity (Wildman–Crippen MR) is 79.8 cm³/mol. The van der Waals surface area contributed by atoms with Crippen molar-refractivity contribution in [2.45, 2.75) is 45.6 Å². The van der Waals surface area contributed by atoms with Gasteiger partial charge >= 0.3 is 5.97 Å². The van der Waals surface area contributed by atoms with Gasteiger partial charge in [0.2, 0.25) is 0 Å². The summed E-state index contributed by atoms with van der Waals surface area (Å²) in [7, 11) is 0. The second-order valence-electron chi connectivity index (χ2n) is 5.83. The number of nitro groups is 1. The Morgan fingerprint density at radius 2 is 1.95 bits per heavy atom. The number of nitrogens with one attached hydrogen (secondary N) is 1. The van der Waals surface area contributed by atoms with Gasteiger partial charge in [0.15, 0.2) is 0 Å². The van der Waals surface area contributed by atoms with E-state index >= 15 is 0 Å². The average Bonchev–Trinajstić information content (AvgIpc) is 2.42. The zero-order chi connectivity index (χ0) is 15.6. The van der Waals surface area contributed by atoms with Crippen molar-refractivity contribution < 1.29 is 14.8 Å². The molecule has 2 rings (SSSR count). The average molecular weight is 292 g/mol. The minimum absolute atomic E-state index is 0.0565. The van der Waals surface area contributed by atoms with Crippen LogP contribution in [0.1, 0.15) is 48.5 Å². The van der Waals surface area contributed by atoms with E-state index < -0.39 is 10.9 Å². The molecule has 0 unspecified atom stereocenters. The van der Waals surface area contributed by atoms with Crippen LogP contribution in [0.4, 0.5) is 11.4 Å². The van der Waals surface area contributed by atoms with Crippen LogP contribution in [0.5, 0.6) is 0 Å². The third-order valence-electron chi connectivity index (χ3n) is 4.20. The Bertz CT molecular complexity index is 563. The van der Waals surface area contributed by atoms with Crippen molar-refractivity contribution in [1.29, 1.82) is 0 Å². The lowest BCUT2D eigenvalue weighted by Crippen LogP contribution is -2.25. The second kappa shape index (κ2) is 6.11. The number of rotatable bonds is 4. The molecule has 0 heterocycles. The molecule has 0 spiro atoms. The van der Waals surface area contributed by atoms with E-state index in [9.17, 15) is 14.9 Å². The van der Waals surface area contributed by atoms with Crippen LogP contribution in [0.2, 0.25) is 0 Å². The predicted octanol–water partition coefficient (Wildman–Crippen LogP) is 3.59. The van der Waals surface area contributed by atoms with E-state index in [-0.39, 0.29) is 17.3 Å². The van der Waals surface area contributed by atoms with E-state index in [1.165, 1.54) is 6.07 Å². The molecule has 1 aliphatic carbocycles. The van der Waals surface area contributed by atoms with E-state index in [2.05, 4.69) is 12.2 Å². The van der Waals surface area contributed by atoms with Crippen LogP contribution in [-0.2, 0) is 0 Å². The van der Waals surface area contributed by atoms with Crippen molar-refractivity contribution >= 4 is 17.3 Å². The highest BCUT2D eigenvalue weighted by Crippen LogP contribution is 2.31. The molecule has 0 atom stereocenters. The van der Waals surface area contributed by atoms with Crippen LogP contribution in [0.15, 0.2) is 12.1 Å². The summed E-state index contributed by atoms with van der Waals surface area (Å²) in [5, 5.41) is 23.5. The fourth-order valence-electron chi connectivity index (χ4n) is 2.79. The number of hydrogen-bond acceptors (Lipinski definition) is 4. The van der Waals surface area contributed by atoms with E-state index in [1.807, 2.05) is 0 Å². The van der Waals surface area contributed by atoms with Gasteiger partial charge in [0.25, 0.3) is 5.69 Å². The van der Waals surface area contributed by atoms with Crippen LogP contribution in [0.25, 0.3) is 0 Å². The van der Waals surface area contributed by atoms with Crippen molar-refractivity contribution in [3.63, 3.8) is 0 Å². The summed E-state index contributed by atoms with van der Waals surface area (Å²) in [6.07, 6.45) is 4.26. The van der Waals surface area contributed by atoms with Gasteiger partial charge in [-0.05, 0) is 44.6 Å². The fourth-order valence-corrected chi connectivity index (χ4v) is 2.79. The third-order valence-corrected chi connectivity index (χ3v) is 4.20. The van der Waals surface area contributed by atoms with Gasteiger partial charge in [-0.3, -0.25) is 10.1 Å². The van der Waals surface area contributed by atoms with Gasteiger partial charge < -0.3 is 10.4 Å². The summed E-state index contributed by atoms with van der Waals surface area (Å²) in [5.41, 5.74) is 0.838. The molecule has 0 aliphatic heterocycles. The standard InChI is InChI=1S/C15H20N2O4/c1-9-3-5-12(6-4-9)16-13-7-11(15(18)19)8-14(10(13)2)17(20)21/h7-9,12,16H,3-6H2,1-2H3,(H,18,19). The molecule has 0 saturated heterocycles. The van der Waals surface area contributed by atoms with Gasteiger partial charge in [-0.25, -0.2) is 4.79 Å². The van der Waals surface area contributed by atoms with Gasteiger partial charge in [0.05, 0.1) is 10.5 Å². The molecule has 1 saturated carbocycles. The lowest BCUT2D eigenvalue weighted by molar-refractivity contribution is -0.385. The maximum Gasteiger partial charge on any atom is 0.336 e. The highest BCUT2D eigenvalue weighted by atomic mass is 16.6. The lowest BCUT2D eigenvalue weighted by atomic mass is 9.87. The topological polar surface area (TPSA) is 92.5 Å². The van der Waals surface area contributed by atoms with Gasteiger partial charge in [-0.2, -0.15) is 0 Å². The number of nitrogens with zero attached hydrogens (tertiary/aromatic N) is 1. The maximum absolute atomic E-state index is 11.1. The Hall–Kier alpha value is -2.11. The Labute approximate surface area is 123 Å². The molecule has 1 aliphatic rings. The summed E-state index contributed by atoms with van der Waals surface area (Å²) in [4.78, 5) is 21.7. The number of anilines is 1. The lowest BCUT2D eigenvalue weighted by Gasteiger charge is -2.28. The van der Waals surface area contributed by atoms with Gasteiger partial charge in [-0.1, -0.05) is 6.92 Å². The van der Waals surface area contributed by atoms with Crippen LogP contribution in [-0.4, -0.2) is 22.0 Å². The molecule has 2 N–H and O–H groups in total. The molecule has 0 amide bonds. The molecule has 0 aromatic heterocycles. The normalized spacial score (nSPS) is 21.8. The molecule has 0 bridgehead atoms. The molecule has 1 aromatic carbocycles. The summed E-state index contributed by atoms with van der Waals surface area (Å²) in [6, 6.07) is 2.86. The smallest absolute Gasteiger partial charge is 0.336 e. The Morgan fingerprint density at radius 3 is 2.48 bits per heavy atom. The molecule has 1 fully saturated rings. The highest BCUT2D eigenvalue weighted by molar-refractivity contribution is 5.90. The van der Waals surface area contributed by atoms with Crippen LogP contribution in [0, 0.1) is 23.0 Å². The van der Waals surface area contributed by atoms with Crippen LogP contribution < -0.4 is 5.32 Å². The first kappa shape index (κ1) is 15.3. The largest absolute Gasteiger partial charge is 0.478 e. The molecule has 6 heteroatoms. The number of benzene rings is 1. The van der Waals surface area contributed by atoms with Crippen molar-refractivity contribution in [1.82, 2.24) is 0 Å². The van der Waals surface area contributed by atoms with E-state index in [4.69, 9.17) is 5.11 Å². The zero-order valence-electron chi connectivity index (χ0n) is 12.3. The van der Waals surface area contributed by atoms with Crippen LogP contribution in [0.3, 0.4) is 0 Å². The number of carboxylic acids is 1. The van der Waals surface area contributed by atoms with Crippen molar-refractivity contribution in [2.75, 3.05) is 5.32 Å². The molecule has 0 radical (unpaired) electrons. The fraction of sp³-hybridized carbons (Fsp3) is 0.533. The van der Waals surface area contributed by atoms with E-state index in [1.54, 1.807) is 6.92 Å². The third kappa shape index (κ3) is 3.51. The van der Waals surface area contributed by atoms with Gasteiger partial charge in [0.1, 0.15) is 0 Å². The quantitative estimate of drug-likeness (QED) is 0.653. The first-order valence-corrected chi connectivity index (χ1v) is 7.17. The minimum Gasteiger partial charge on any atom is -0.478 e. The number of nitro benzene ring substituents is 1. The number of aromatic carboxylic acids is 1. The highest BCUT2D eigenvalue weighted by Gasteiger charge is 2.22. The SMILES string of the molecule is Cc1c(NC2CCC(C)CC2)cc(C(=O)O)cc1[N+](=O)[O-]. The van der Waals surface area contributed by atoms with Gasteiger partial charge in [-0.15, -0.1) is 0 Å². The summed E-state index contributed by atoms with van der Waals surface area (Å²) in [5.74, 6) is -0.442. The molecular weight excluding hydrogens is 272 g/mol. The first-order valence-electron chi connectivity index (χ1n) is 7.17. The number of hydrogen-bond donors (Lipinski definition) is 2. The Balaban J connectivity index is 2.29.